The molecule has 1 aliphatic heterocycles. The number of carbonyl (C=O) groups is 2. The van der Waals surface area contributed by atoms with Gasteiger partial charge in [-0.05, 0) is 48.0 Å². The Morgan fingerprint density at radius 3 is 2.77 bits per heavy atom. The summed E-state index contributed by atoms with van der Waals surface area (Å²) in [6.07, 6.45) is 0.494. The van der Waals surface area contributed by atoms with Gasteiger partial charge in [-0.25, -0.2) is 14.2 Å². The van der Waals surface area contributed by atoms with E-state index in [4.69, 9.17) is 9.84 Å². The minimum atomic E-state index is -1.42. The Bertz CT molecular complexity index is 974. The molecule has 0 bridgehead atoms. The number of ether oxygens (including phenoxy) is 1. The number of anilines is 1. The molecule has 2 aromatic rings. The van der Waals surface area contributed by atoms with Crippen molar-refractivity contribution in [3.63, 3.8) is 0 Å². The fourth-order valence-corrected chi connectivity index (χ4v) is 3.57. The molecule has 2 aromatic heterocycles. The Hall–Kier alpha value is -2.63. The molecular formula is C19H20BrFN4O5. The third-order valence-corrected chi connectivity index (χ3v) is 5.69. The molecule has 30 heavy (non-hydrogen) atoms. The largest absolute Gasteiger partial charge is 0.465 e. The third-order valence-electron chi connectivity index (χ3n) is 5.13. The lowest BCUT2D eigenvalue weighted by atomic mass is 9.82. The zero-order valence-electron chi connectivity index (χ0n) is 16.1. The van der Waals surface area contributed by atoms with Crippen molar-refractivity contribution in [2.45, 2.75) is 44.1 Å². The second-order valence-electron chi connectivity index (χ2n) is 7.12. The zero-order chi connectivity index (χ0) is 22.1. The number of amides is 2. The van der Waals surface area contributed by atoms with Crippen molar-refractivity contribution in [1.29, 1.82) is 0 Å². The smallest absolute Gasteiger partial charge is 0.404 e. The maximum atomic E-state index is 13.4. The molecule has 0 radical (unpaired) electrons. The lowest BCUT2D eigenvalue weighted by Gasteiger charge is -2.45. The van der Waals surface area contributed by atoms with Gasteiger partial charge in [0.05, 0.1) is 30.1 Å². The van der Waals surface area contributed by atoms with Crippen LogP contribution in [0.1, 0.15) is 42.4 Å². The molecular weight excluding hydrogens is 463 g/mol. The standard InChI is InChI=1S/C19H20BrFN4O5/c1-9-19(2,29)15(25-18(27)28)7-14(30-9)10-5-6-22-8-13(10)24-17(26)12-4-3-11(21)16(20)23-12/h3-6,8-9,14-15,25,29H,7H2,1-2H3,(H,24,26)(H,27,28). The van der Waals surface area contributed by atoms with Gasteiger partial charge in [-0.2, -0.15) is 0 Å². The number of carboxylic acid groups (broad SMARTS) is 1. The van der Waals surface area contributed by atoms with Crippen LogP contribution in [0.3, 0.4) is 0 Å². The molecule has 1 fully saturated rings. The maximum Gasteiger partial charge on any atom is 0.404 e. The van der Waals surface area contributed by atoms with E-state index in [9.17, 15) is 19.1 Å². The number of halogens is 2. The van der Waals surface area contributed by atoms with Gasteiger partial charge in [-0.3, -0.25) is 9.78 Å². The second-order valence-corrected chi connectivity index (χ2v) is 7.87. The van der Waals surface area contributed by atoms with E-state index in [0.29, 0.717) is 11.3 Å². The van der Waals surface area contributed by atoms with Crippen molar-refractivity contribution in [1.82, 2.24) is 15.3 Å². The summed E-state index contributed by atoms with van der Waals surface area (Å²) in [6.45, 7) is 3.14. The average Bonchev–Trinajstić information content (AvgIpc) is 2.68. The summed E-state index contributed by atoms with van der Waals surface area (Å²) in [5, 5.41) is 24.8. The molecule has 0 spiro atoms. The zero-order valence-corrected chi connectivity index (χ0v) is 17.7. The Morgan fingerprint density at radius 2 is 2.10 bits per heavy atom. The number of rotatable bonds is 4. The van der Waals surface area contributed by atoms with Crippen LogP contribution in [0.25, 0.3) is 0 Å². The van der Waals surface area contributed by atoms with Crippen LogP contribution in [0.2, 0.25) is 0 Å². The highest BCUT2D eigenvalue weighted by molar-refractivity contribution is 9.10. The van der Waals surface area contributed by atoms with Gasteiger partial charge in [0.2, 0.25) is 0 Å². The number of carbonyl (C=O) groups excluding carboxylic acids is 1. The lowest BCUT2D eigenvalue weighted by Crippen LogP contribution is -2.60. The van der Waals surface area contributed by atoms with E-state index in [1.807, 2.05) is 0 Å². The molecule has 2 amide bonds. The number of nitrogens with zero attached hydrogens (tertiary/aromatic N) is 2. The van der Waals surface area contributed by atoms with E-state index in [1.165, 1.54) is 25.4 Å². The Balaban J connectivity index is 1.86. The lowest BCUT2D eigenvalue weighted by molar-refractivity contribution is -0.176. The maximum absolute atomic E-state index is 13.4. The summed E-state index contributed by atoms with van der Waals surface area (Å²) in [4.78, 5) is 31.6. The first kappa shape index (κ1) is 22.1. The van der Waals surface area contributed by atoms with Gasteiger partial charge >= 0.3 is 6.09 Å². The third kappa shape index (κ3) is 4.58. The van der Waals surface area contributed by atoms with Crippen LogP contribution in [0.15, 0.2) is 35.2 Å². The van der Waals surface area contributed by atoms with Crippen LogP contribution in [0, 0.1) is 5.82 Å². The minimum absolute atomic E-state index is 0.00985. The van der Waals surface area contributed by atoms with Crippen molar-refractivity contribution >= 4 is 33.6 Å². The first-order valence-corrected chi connectivity index (χ1v) is 9.83. The summed E-state index contributed by atoms with van der Waals surface area (Å²) in [7, 11) is 0. The van der Waals surface area contributed by atoms with Crippen LogP contribution < -0.4 is 10.6 Å². The topological polar surface area (TPSA) is 134 Å². The monoisotopic (exact) mass is 482 g/mol. The highest BCUT2D eigenvalue weighted by Gasteiger charge is 2.46. The van der Waals surface area contributed by atoms with Crippen LogP contribution in [0.5, 0.6) is 0 Å². The van der Waals surface area contributed by atoms with E-state index < -0.39 is 41.7 Å². The molecule has 3 rings (SSSR count). The van der Waals surface area contributed by atoms with Crippen LogP contribution in [-0.4, -0.2) is 49.9 Å². The van der Waals surface area contributed by atoms with E-state index in [-0.39, 0.29) is 16.7 Å². The predicted molar refractivity (Wildman–Crippen MR) is 108 cm³/mol. The van der Waals surface area contributed by atoms with Crippen LogP contribution in [-0.2, 0) is 4.74 Å². The predicted octanol–water partition coefficient (Wildman–Crippen LogP) is 2.87. The highest BCUT2D eigenvalue weighted by Crippen LogP contribution is 2.39. The van der Waals surface area contributed by atoms with Gasteiger partial charge in [-0.1, -0.05) is 0 Å². The summed E-state index contributed by atoms with van der Waals surface area (Å²) in [6, 6.07) is 3.20. The first-order valence-electron chi connectivity index (χ1n) is 9.04. The fraction of sp³-hybridized carbons (Fsp3) is 0.368. The van der Waals surface area contributed by atoms with E-state index in [1.54, 1.807) is 13.0 Å². The van der Waals surface area contributed by atoms with Gasteiger partial charge < -0.3 is 25.6 Å². The van der Waals surface area contributed by atoms with Crippen LogP contribution >= 0.6 is 15.9 Å². The number of pyridine rings is 2. The second kappa shape index (κ2) is 8.62. The summed E-state index contributed by atoms with van der Waals surface area (Å²) in [5.74, 6) is -1.18. The summed E-state index contributed by atoms with van der Waals surface area (Å²) in [5.41, 5.74) is -0.545. The van der Waals surface area contributed by atoms with Crippen molar-refractivity contribution in [3.05, 3.63) is 52.3 Å². The Kier molecular flexibility index (Phi) is 6.34. The number of aromatic nitrogens is 2. The molecule has 4 N–H and O–H groups in total. The summed E-state index contributed by atoms with van der Waals surface area (Å²) >= 11 is 2.94. The average molecular weight is 483 g/mol. The van der Waals surface area contributed by atoms with Crippen molar-refractivity contribution in [2.75, 3.05) is 5.32 Å². The minimum Gasteiger partial charge on any atom is -0.465 e. The SMILES string of the molecule is CC1OC(c2ccncc2NC(=O)c2ccc(F)c(Br)n2)CC(NC(=O)O)C1(C)O. The van der Waals surface area contributed by atoms with Crippen molar-refractivity contribution < 1.29 is 28.9 Å². The molecule has 3 heterocycles. The van der Waals surface area contributed by atoms with E-state index >= 15 is 0 Å². The number of hydrogen-bond acceptors (Lipinski definition) is 6. The molecule has 1 aliphatic rings. The van der Waals surface area contributed by atoms with Gasteiger partial charge in [-0.15, -0.1) is 0 Å². The van der Waals surface area contributed by atoms with E-state index in [0.717, 1.165) is 6.07 Å². The quantitative estimate of drug-likeness (QED) is 0.492. The molecule has 11 heteroatoms. The van der Waals surface area contributed by atoms with Gasteiger partial charge in [0.1, 0.15) is 15.9 Å². The molecule has 1 saturated heterocycles. The van der Waals surface area contributed by atoms with Gasteiger partial charge in [0, 0.05) is 18.2 Å². The van der Waals surface area contributed by atoms with E-state index in [2.05, 4.69) is 36.5 Å². The first-order chi connectivity index (χ1) is 14.1. The number of nitrogens with one attached hydrogen (secondary N) is 2. The van der Waals surface area contributed by atoms with Crippen molar-refractivity contribution in [2.24, 2.45) is 0 Å². The fourth-order valence-electron chi connectivity index (χ4n) is 3.25. The molecule has 0 saturated carbocycles. The molecule has 0 aliphatic carbocycles. The molecule has 9 nitrogen and oxygen atoms in total. The van der Waals surface area contributed by atoms with Gasteiger partial charge in [0.15, 0.2) is 5.82 Å². The van der Waals surface area contributed by atoms with Gasteiger partial charge in [0.25, 0.3) is 5.91 Å². The Labute approximate surface area is 179 Å². The molecule has 0 aromatic carbocycles. The van der Waals surface area contributed by atoms with Crippen molar-refractivity contribution in [3.8, 4) is 0 Å². The summed E-state index contributed by atoms with van der Waals surface area (Å²) < 4.78 is 19.2. The molecule has 4 atom stereocenters. The number of hydrogen-bond donors (Lipinski definition) is 4. The normalized spacial score (nSPS) is 26.1. The van der Waals surface area contributed by atoms with Crippen LogP contribution in [0.4, 0.5) is 14.9 Å². The number of aliphatic hydroxyl groups is 1. The highest BCUT2D eigenvalue weighted by atomic mass is 79.9. The molecule has 4 unspecified atom stereocenters. The Morgan fingerprint density at radius 1 is 1.37 bits per heavy atom. The molecule has 160 valence electrons.